The van der Waals surface area contributed by atoms with Gasteiger partial charge in [-0.2, -0.15) is 4.37 Å². The Kier molecular flexibility index (Phi) is 2.15. The van der Waals surface area contributed by atoms with Crippen LogP contribution in [-0.2, 0) is 0 Å². The topological polar surface area (TPSA) is 33.1 Å². The number of aromatic nitrogens is 1. The minimum Gasteiger partial charge on any atom is -0.387 e. The van der Waals surface area contributed by atoms with Crippen molar-refractivity contribution in [2.24, 2.45) is 5.92 Å². The summed E-state index contributed by atoms with van der Waals surface area (Å²) in [6.07, 6.45) is 3.39. The van der Waals surface area contributed by atoms with Gasteiger partial charge in [0.05, 0.1) is 16.7 Å². The molecule has 2 nitrogen and oxygen atoms in total. The third-order valence-corrected chi connectivity index (χ3v) is 3.48. The van der Waals surface area contributed by atoms with Crippen LogP contribution in [0.1, 0.15) is 35.9 Å². The Morgan fingerprint density at radius 3 is 2.83 bits per heavy atom. The molecule has 1 saturated carbocycles. The van der Waals surface area contributed by atoms with Gasteiger partial charge in [-0.3, -0.25) is 0 Å². The standard InChI is InChI=1S/C9H13NOS/c1-6-5-8(12-10-6)9(11)7-3-2-4-7/h5,7,9,11H,2-4H2,1H3. The molecule has 12 heavy (non-hydrogen) atoms. The molecule has 0 bridgehead atoms. The summed E-state index contributed by atoms with van der Waals surface area (Å²) in [5.74, 6) is 0.504. The zero-order valence-electron chi connectivity index (χ0n) is 7.16. The maximum absolute atomic E-state index is 9.82. The van der Waals surface area contributed by atoms with Gasteiger partial charge in [0.1, 0.15) is 0 Å². The SMILES string of the molecule is Cc1cc(C(O)C2CCC2)sn1. The predicted octanol–water partition coefficient (Wildman–Crippen LogP) is 2.29. The van der Waals surface area contributed by atoms with Crippen LogP contribution in [0.2, 0.25) is 0 Å². The van der Waals surface area contributed by atoms with E-state index in [1.165, 1.54) is 30.8 Å². The van der Waals surface area contributed by atoms with Crippen molar-refractivity contribution in [3.05, 3.63) is 16.6 Å². The van der Waals surface area contributed by atoms with Gasteiger partial charge in [-0.1, -0.05) is 6.42 Å². The molecule has 0 radical (unpaired) electrons. The van der Waals surface area contributed by atoms with Crippen molar-refractivity contribution < 1.29 is 5.11 Å². The molecule has 1 aromatic rings. The number of aliphatic hydroxyl groups excluding tert-OH is 1. The fourth-order valence-electron chi connectivity index (χ4n) is 1.51. The van der Waals surface area contributed by atoms with Crippen LogP contribution < -0.4 is 0 Å². The molecule has 0 aliphatic heterocycles. The van der Waals surface area contributed by atoms with E-state index >= 15 is 0 Å². The number of aliphatic hydroxyl groups is 1. The smallest absolute Gasteiger partial charge is 0.0926 e. The van der Waals surface area contributed by atoms with E-state index in [0.29, 0.717) is 5.92 Å². The first-order valence-electron chi connectivity index (χ1n) is 4.38. The number of nitrogens with zero attached hydrogens (tertiary/aromatic N) is 1. The maximum Gasteiger partial charge on any atom is 0.0926 e. The van der Waals surface area contributed by atoms with E-state index in [2.05, 4.69) is 4.37 Å². The predicted molar refractivity (Wildman–Crippen MR) is 49.2 cm³/mol. The van der Waals surface area contributed by atoms with Crippen molar-refractivity contribution in [2.75, 3.05) is 0 Å². The molecular formula is C9H13NOS. The summed E-state index contributed by atoms with van der Waals surface area (Å²) in [5, 5.41) is 9.82. The molecule has 2 rings (SSSR count). The summed E-state index contributed by atoms with van der Waals surface area (Å²) >= 11 is 1.44. The lowest BCUT2D eigenvalue weighted by atomic mass is 9.81. The quantitative estimate of drug-likeness (QED) is 0.763. The van der Waals surface area contributed by atoms with Crippen LogP contribution in [0.3, 0.4) is 0 Å². The Hall–Kier alpha value is -0.410. The third-order valence-electron chi connectivity index (χ3n) is 2.53. The van der Waals surface area contributed by atoms with E-state index in [1.54, 1.807) is 0 Å². The highest BCUT2D eigenvalue weighted by Gasteiger charge is 2.27. The summed E-state index contributed by atoms with van der Waals surface area (Å²) in [4.78, 5) is 1.04. The Bertz CT molecular complexity index is 267. The average Bonchev–Trinajstić information content (AvgIpc) is 2.31. The number of rotatable bonds is 2. The molecule has 1 aliphatic carbocycles. The second-order valence-electron chi connectivity index (χ2n) is 3.51. The van der Waals surface area contributed by atoms with Crippen LogP contribution in [0.5, 0.6) is 0 Å². The van der Waals surface area contributed by atoms with E-state index in [-0.39, 0.29) is 6.10 Å². The Labute approximate surface area is 76.4 Å². The molecule has 0 spiro atoms. The highest BCUT2D eigenvalue weighted by atomic mass is 32.1. The summed E-state index contributed by atoms with van der Waals surface area (Å²) in [6.45, 7) is 1.97. The van der Waals surface area contributed by atoms with Gasteiger partial charge < -0.3 is 5.11 Å². The molecule has 1 aliphatic rings. The van der Waals surface area contributed by atoms with Crippen molar-refractivity contribution in [1.29, 1.82) is 0 Å². The second-order valence-corrected chi connectivity index (χ2v) is 4.34. The van der Waals surface area contributed by atoms with Gasteiger partial charge >= 0.3 is 0 Å². The van der Waals surface area contributed by atoms with Gasteiger partial charge in [0.25, 0.3) is 0 Å². The summed E-state index contributed by atoms with van der Waals surface area (Å²) in [7, 11) is 0. The lowest BCUT2D eigenvalue weighted by molar-refractivity contribution is 0.0649. The van der Waals surface area contributed by atoms with Crippen LogP contribution in [0.25, 0.3) is 0 Å². The molecule has 1 unspecified atom stereocenters. The lowest BCUT2D eigenvalue weighted by Gasteiger charge is -2.29. The molecule has 66 valence electrons. The molecule has 1 fully saturated rings. The minimum atomic E-state index is -0.245. The van der Waals surface area contributed by atoms with Crippen molar-refractivity contribution >= 4 is 11.5 Å². The van der Waals surface area contributed by atoms with Gasteiger partial charge in [-0.25, -0.2) is 0 Å². The first-order chi connectivity index (χ1) is 5.77. The molecule has 0 saturated heterocycles. The Morgan fingerprint density at radius 1 is 1.67 bits per heavy atom. The van der Waals surface area contributed by atoms with E-state index in [4.69, 9.17) is 0 Å². The molecule has 1 atom stereocenters. The van der Waals surface area contributed by atoms with Gasteiger partial charge in [-0.05, 0) is 43.3 Å². The zero-order valence-corrected chi connectivity index (χ0v) is 7.97. The largest absolute Gasteiger partial charge is 0.387 e. The normalized spacial score (nSPS) is 20.5. The zero-order chi connectivity index (χ0) is 8.55. The lowest BCUT2D eigenvalue weighted by Crippen LogP contribution is -2.19. The van der Waals surface area contributed by atoms with Crippen LogP contribution >= 0.6 is 11.5 Å². The summed E-state index contributed by atoms with van der Waals surface area (Å²) < 4.78 is 4.16. The van der Waals surface area contributed by atoms with Crippen molar-refractivity contribution in [3.63, 3.8) is 0 Å². The van der Waals surface area contributed by atoms with Gasteiger partial charge in [0.15, 0.2) is 0 Å². The highest BCUT2D eigenvalue weighted by molar-refractivity contribution is 7.05. The van der Waals surface area contributed by atoms with Crippen LogP contribution in [0.4, 0.5) is 0 Å². The van der Waals surface area contributed by atoms with E-state index < -0.39 is 0 Å². The fraction of sp³-hybridized carbons (Fsp3) is 0.667. The number of hydrogen-bond donors (Lipinski definition) is 1. The number of aryl methyl sites for hydroxylation is 1. The molecule has 0 aromatic carbocycles. The Balaban J connectivity index is 2.08. The van der Waals surface area contributed by atoms with Crippen molar-refractivity contribution in [1.82, 2.24) is 4.37 Å². The summed E-state index contributed by atoms with van der Waals surface area (Å²) in [5.41, 5.74) is 1.02. The third kappa shape index (κ3) is 1.39. The first-order valence-corrected chi connectivity index (χ1v) is 5.16. The van der Waals surface area contributed by atoms with Crippen molar-refractivity contribution in [3.8, 4) is 0 Å². The molecule has 0 amide bonds. The van der Waals surface area contributed by atoms with Crippen LogP contribution in [-0.4, -0.2) is 9.48 Å². The van der Waals surface area contributed by atoms with E-state index in [1.807, 2.05) is 13.0 Å². The molecular weight excluding hydrogens is 170 g/mol. The van der Waals surface area contributed by atoms with E-state index in [9.17, 15) is 5.11 Å². The van der Waals surface area contributed by atoms with E-state index in [0.717, 1.165) is 10.6 Å². The molecule has 1 N–H and O–H groups in total. The maximum atomic E-state index is 9.82. The first kappa shape index (κ1) is 8.20. The fourth-order valence-corrected chi connectivity index (χ4v) is 2.34. The highest BCUT2D eigenvalue weighted by Crippen LogP contribution is 2.38. The van der Waals surface area contributed by atoms with Crippen molar-refractivity contribution in [2.45, 2.75) is 32.3 Å². The van der Waals surface area contributed by atoms with Gasteiger partial charge in [-0.15, -0.1) is 0 Å². The van der Waals surface area contributed by atoms with Crippen LogP contribution in [0, 0.1) is 12.8 Å². The average molecular weight is 183 g/mol. The molecule has 1 aromatic heterocycles. The van der Waals surface area contributed by atoms with Gasteiger partial charge in [0, 0.05) is 0 Å². The second kappa shape index (κ2) is 3.15. The molecule has 1 heterocycles. The number of hydrogen-bond acceptors (Lipinski definition) is 3. The van der Waals surface area contributed by atoms with Gasteiger partial charge in [0.2, 0.25) is 0 Å². The van der Waals surface area contributed by atoms with Crippen LogP contribution in [0.15, 0.2) is 6.07 Å². The molecule has 3 heteroatoms. The minimum absolute atomic E-state index is 0.245. The Morgan fingerprint density at radius 2 is 2.42 bits per heavy atom. The monoisotopic (exact) mass is 183 g/mol. The summed E-state index contributed by atoms with van der Waals surface area (Å²) in [6, 6.07) is 1.99.